The molecule has 0 saturated heterocycles. The second kappa shape index (κ2) is 28.6. The summed E-state index contributed by atoms with van der Waals surface area (Å²) in [5.41, 5.74) is 17.9. The Morgan fingerprint density at radius 3 is 0.750 bits per heavy atom. The van der Waals surface area contributed by atoms with Crippen molar-refractivity contribution in [3.8, 4) is 77.9 Å². The Kier molecular flexibility index (Phi) is 16.7. The SMILES string of the molecule is c1ccc(-c2ccccc2-c2c3ccccc3c(-c3ccc4ccccc4c3)c3ccc4ccccc4c23)cc1.c1ccc2c(-c3c4ccccc4c(-c4cccc5ccccc45)c4c3ccc3ccccc34)cccc2c1.c1ccc2cc(-c3c4ccccc4c(-c4ccc5ccccc5c4)c4c3ccc3ccccc34)ccc2c1. The fourth-order valence-electron chi connectivity index (χ4n) is 19.1. The molecule has 0 bridgehead atoms. The fourth-order valence-corrected chi connectivity index (χ4v) is 19.1. The lowest BCUT2D eigenvalue weighted by molar-refractivity contribution is 1.61. The maximum absolute atomic E-state index is 2.36. The lowest BCUT2D eigenvalue weighted by atomic mass is 9.82. The number of hydrogen-bond acceptors (Lipinski definition) is 0. The molecule has 0 aromatic heterocycles. The smallest absolute Gasteiger partial charge is 0.00139 e. The molecular weight excluding hydrogens is 1390 g/mol. The van der Waals surface area contributed by atoms with Gasteiger partial charge in [-0.2, -0.15) is 0 Å². The molecule has 0 atom stereocenters. The molecule has 0 unspecified atom stereocenters. The monoisotopic (exact) mass is 1470 g/mol. The largest absolute Gasteiger partial charge is 0.0622 e. The van der Waals surface area contributed by atoms with E-state index in [9.17, 15) is 0 Å². The number of fused-ring (bicyclic) bond motifs is 17. The first kappa shape index (κ1) is 67.8. The van der Waals surface area contributed by atoms with Crippen molar-refractivity contribution < 1.29 is 0 Å². The van der Waals surface area contributed by atoms with E-state index >= 15 is 0 Å². The highest BCUT2D eigenvalue weighted by atomic mass is 14.3. The zero-order chi connectivity index (χ0) is 76.6. The Hall–Kier alpha value is -15.1. The van der Waals surface area contributed by atoms with Gasteiger partial charge in [0.2, 0.25) is 0 Å². The van der Waals surface area contributed by atoms with Crippen LogP contribution in [0.15, 0.2) is 449 Å². The third kappa shape index (κ3) is 11.5. The predicted octanol–water partition coefficient (Wildman–Crippen LogP) is 32.9. The van der Waals surface area contributed by atoms with Crippen LogP contribution < -0.4 is 0 Å². The molecule has 0 heteroatoms. The lowest BCUT2D eigenvalue weighted by Gasteiger charge is -2.21. The van der Waals surface area contributed by atoms with Gasteiger partial charge in [-0.15, -0.1) is 0 Å². The summed E-state index contributed by atoms with van der Waals surface area (Å²) in [5.74, 6) is 0. The van der Waals surface area contributed by atoms with E-state index in [1.807, 2.05) is 0 Å². The highest BCUT2D eigenvalue weighted by Gasteiger charge is 2.25. The van der Waals surface area contributed by atoms with Crippen LogP contribution >= 0.6 is 0 Å². The van der Waals surface area contributed by atoms with Crippen LogP contribution in [-0.2, 0) is 0 Å². The summed E-state index contributed by atoms with van der Waals surface area (Å²) in [6, 6.07) is 164. The molecule has 0 radical (unpaired) electrons. The Labute approximate surface area is 673 Å². The van der Waals surface area contributed by atoms with E-state index in [1.165, 1.54) is 229 Å². The molecule has 0 nitrogen and oxygen atoms in total. The molecule has 0 saturated carbocycles. The minimum absolute atomic E-state index is 1.23. The van der Waals surface area contributed by atoms with Crippen LogP contribution in [0.1, 0.15) is 0 Å². The fraction of sp³-hybridized carbons (Fsp3) is 0. The Bertz CT molecular complexity index is 8070. The molecule has 0 heterocycles. The standard InChI is InChI=1S/C40H26.2C38H24/c1-2-13-28(14-3-1)32-17-8-9-19-34(32)40-36-21-11-10-20-35(36)38(31-23-22-27-12-4-5-16-30(27)26-31)37-25-24-29-15-6-7-18-33(29)39(37)40;1-4-16-28-25(11-1)14-9-21-31(28)36-33-19-7-8-20-34(33)38(32-22-10-15-26-12-2-5-17-29(26)32)37-30-18-6-3-13-27(30)23-24-35(36)37;1-3-12-28-23-30(19-17-25(28)9-1)36-33-15-7-8-16-34(33)37(31-20-18-26-10-2-4-13-29(26)24-31)38-32-14-6-5-11-27(32)21-22-35(36)38/h1-26H;2*1-24H. The molecule has 0 aliphatic rings. The number of hydrogen-bond donors (Lipinski definition) is 0. The van der Waals surface area contributed by atoms with E-state index in [0.717, 1.165) is 0 Å². The quantitative estimate of drug-likeness (QED) is 0.110. The lowest BCUT2D eigenvalue weighted by Crippen LogP contribution is -1.93. The van der Waals surface area contributed by atoms with Gasteiger partial charge in [0, 0.05) is 0 Å². The van der Waals surface area contributed by atoms with E-state index in [0.29, 0.717) is 0 Å². The van der Waals surface area contributed by atoms with Gasteiger partial charge in [-0.25, -0.2) is 0 Å². The zero-order valence-electron chi connectivity index (χ0n) is 63.7. The number of benzene rings is 24. The molecular formula is C116H74. The average molecular weight is 1470 g/mol. The van der Waals surface area contributed by atoms with Crippen LogP contribution in [0, 0.1) is 0 Å². The average Bonchev–Trinajstić information content (AvgIpc) is 0.724. The van der Waals surface area contributed by atoms with Crippen LogP contribution in [0.2, 0.25) is 0 Å². The topological polar surface area (TPSA) is 0 Å². The molecule has 0 spiro atoms. The molecule has 0 N–H and O–H groups in total. The molecule has 0 amide bonds. The summed E-state index contributed by atoms with van der Waals surface area (Å²) in [6.07, 6.45) is 0. The van der Waals surface area contributed by atoms with Gasteiger partial charge in [0.1, 0.15) is 0 Å². The van der Waals surface area contributed by atoms with E-state index in [1.54, 1.807) is 0 Å². The normalized spacial score (nSPS) is 11.6. The van der Waals surface area contributed by atoms with Crippen molar-refractivity contribution in [2.45, 2.75) is 0 Å². The summed E-state index contributed by atoms with van der Waals surface area (Å²) in [5, 5.41) is 35.9. The van der Waals surface area contributed by atoms with Gasteiger partial charge in [-0.1, -0.05) is 431 Å². The molecule has 0 aliphatic heterocycles. The van der Waals surface area contributed by atoms with Gasteiger partial charge in [0.25, 0.3) is 0 Å². The van der Waals surface area contributed by atoms with Crippen LogP contribution in [0.25, 0.3) is 229 Å². The first-order valence-electron chi connectivity index (χ1n) is 40.3. The molecule has 24 aromatic rings. The highest BCUT2D eigenvalue weighted by Crippen LogP contribution is 2.53. The van der Waals surface area contributed by atoms with E-state index < -0.39 is 0 Å². The summed E-state index contributed by atoms with van der Waals surface area (Å²) in [7, 11) is 0. The third-order valence-corrected chi connectivity index (χ3v) is 24.3. The van der Waals surface area contributed by atoms with Crippen molar-refractivity contribution in [2.75, 3.05) is 0 Å². The van der Waals surface area contributed by atoms with Crippen molar-refractivity contribution in [1.82, 2.24) is 0 Å². The van der Waals surface area contributed by atoms with Gasteiger partial charge >= 0.3 is 0 Å². The van der Waals surface area contributed by atoms with E-state index in [2.05, 4.69) is 449 Å². The minimum Gasteiger partial charge on any atom is -0.0622 e. The van der Waals surface area contributed by atoms with Crippen LogP contribution in [-0.4, -0.2) is 0 Å². The molecule has 0 aliphatic carbocycles. The van der Waals surface area contributed by atoms with Crippen molar-refractivity contribution in [3.63, 3.8) is 0 Å². The Morgan fingerprint density at radius 2 is 0.336 bits per heavy atom. The molecule has 24 rings (SSSR count). The van der Waals surface area contributed by atoms with Gasteiger partial charge < -0.3 is 0 Å². The molecule has 116 heavy (non-hydrogen) atoms. The first-order valence-corrected chi connectivity index (χ1v) is 40.3. The van der Waals surface area contributed by atoms with Crippen LogP contribution in [0.4, 0.5) is 0 Å². The Balaban J connectivity index is 0.000000106. The van der Waals surface area contributed by atoms with Crippen molar-refractivity contribution in [3.05, 3.63) is 449 Å². The second-order valence-corrected chi connectivity index (χ2v) is 30.7. The third-order valence-electron chi connectivity index (χ3n) is 24.3. The zero-order valence-corrected chi connectivity index (χ0v) is 63.7. The minimum atomic E-state index is 1.23. The second-order valence-electron chi connectivity index (χ2n) is 30.7. The maximum Gasteiger partial charge on any atom is -0.00139 e. The summed E-state index contributed by atoms with van der Waals surface area (Å²) in [6.45, 7) is 0. The van der Waals surface area contributed by atoms with Gasteiger partial charge in [0.05, 0.1) is 0 Å². The molecule has 0 fully saturated rings. The van der Waals surface area contributed by atoms with E-state index in [-0.39, 0.29) is 0 Å². The Morgan fingerprint density at radius 1 is 0.0948 bits per heavy atom. The van der Waals surface area contributed by atoms with Crippen molar-refractivity contribution in [1.29, 1.82) is 0 Å². The summed E-state index contributed by atoms with van der Waals surface area (Å²) < 4.78 is 0. The summed E-state index contributed by atoms with van der Waals surface area (Å²) in [4.78, 5) is 0. The maximum atomic E-state index is 2.36. The van der Waals surface area contributed by atoms with Crippen LogP contribution in [0.5, 0.6) is 0 Å². The molecule has 24 aromatic carbocycles. The van der Waals surface area contributed by atoms with Crippen molar-refractivity contribution >= 4 is 151 Å². The summed E-state index contributed by atoms with van der Waals surface area (Å²) >= 11 is 0. The number of rotatable bonds is 7. The highest BCUT2D eigenvalue weighted by molar-refractivity contribution is 6.33. The first-order chi connectivity index (χ1) is 57.6. The van der Waals surface area contributed by atoms with Gasteiger partial charge in [0.15, 0.2) is 0 Å². The molecule has 538 valence electrons. The van der Waals surface area contributed by atoms with Gasteiger partial charge in [-0.05, 0) is 247 Å². The van der Waals surface area contributed by atoms with Gasteiger partial charge in [-0.3, -0.25) is 0 Å². The van der Waals surface area contributed by atoms with E-state index in [4.69, 9.17) is 0 Å². The predicted molar refractivity (Wildman–Crippen MR) is 502 cm³/mol. The van der Waals surface area contributed by atoms with Crippen LogP contribution in [0.3, 0.4) is 0 Å². The van der Waals surface area contributed by atoms with Crippen molar-refractivity contribution in [2.24, 2.45) is 0 Å².